The molecule has 6 nitrogen and oxygen atoms in total. The van der Waals surface area contributed by atoms with Crippen molar-refractivity contribution in [2.45, 2.75) is 51.2 Å². The number of halogens is 2. The van der Waals surface area contributed by atoms with Crippen molar-refractivity contribution in [2.24, 2.45) is 5.41 Å². The van der Waals surface area contributed by atoms with Gasteiger partial charge in [0.15, 0.2) is 0 Å². The summed E-state index contributed by atoms with van der Waals surface area (Å²) in [4.78, 5) is 4.48. The van der Waals surface area contributed by atoms with Gasteiger partial charge in [0.1, 0.15) is 17.4 Å². The number of ether oxygens (including phenoxy) is 1. The van der Waals surface area contributed by atoms with Crippen LogP contribution in [0.4, 0.5) is 14.5 Å². The number of methoxy groups -OCH3 is 1. The van der Waals surface area contributed by atoms with E-state index in [1.165, 1.54) is 12.1 Å². The molecule has 0 amide bonds. The van der Waals surface area contributed by atoms with E-state index in [9.17, 15) is 19.0 Å². The number of nitrogens with one attached hydrogen (secondary N) is 2. The molecular weight excluding hydrogens is 464 g/mol. The number of rotatable bonds is 11. The van der Waals surface area contributed by atoms with Gasteiger partial charge in [0, 0.05) is 29.9 Å². The molecule has 0 spiro atoms. The van der Waals surface area contributed by atoms with Gasteiger partial charge < -0.3 is 25.6 Å². The monoisotopic (exact) mass is 499 g/mol. The van der Waals surface area contributed by atoms with Gasteiger partial charge in [-0.25, -0.2) is 8.78 Å². The first-order valence-electron chi connectivity index (χ1n) is 12.6. The Morgan fingerprint density at radius 2 is 1.89 bits per heavy atom. The highest BCUT2D eigenvalue weighted by Crippen LogP contribution is 2.40. The zero-order valence-corrected chi connectivity index (χ0v) is 20.7. The topological polar surface area (TPSA) is 86.6 Å². The summed E-state index contributed by atoms with van der Waals surface area (Å²) < 4.78 is 32.4. The first kappa shape index (κ1) is 26.3. The maximum atomic E-state index is 13.5. The summed E-state index contributed by atoms with van der Waals surface area (Å²) >= 11 is 0. The minimum absolute atomic E-state index is 0.0838. The molecule has 1 fully saturated rings. The van der Waals surface area contributed by atoms with Gasteiger partial charge in [0.2, 0.25) is 0 Å². The number of aryl methyl sites for hydroxylation is 1. The Morgan fingerprint density at radius 1 is 1.14 bits per heavy atom. The van der Waals surface area contributed by atoms with Crippen LogP contribution >= 0.6 is 0 Å². The van der Waals surface area contributed by atoms with E-state index < -0.39 is 17.7 Å². The van der Waals surface area contributed by atoms with E-state index in [4.69, 9.17) is 4.74 Å². The summed E-state index contributed by atoms with van der Waals surface area (Å²) in [6.07, 6.45) is 5.84. The Morgan fingerprint density at radius 3 is 2.58 bits per heavy atom. The number of piperidine rings is 1. The fourth-order valence-electron chi connectivity index (χ4n) is 5.43. The number of hydrogen-bond donors (Lipinski definition) is 4. The molecule has 1 atom stereocenters. The highest BCUT2D eigenvalue weighted by atomic mass is 19.1. The second-order valence-corrected chi connectivity index (χ2v) is 9.66. The minimum atomic E-state index is -0.628. The van der Waals surface area contributed by atoms with Crippen LogP contribution in [-0.4, -0.2) is 48.0 Å². The lowest BCUT2D eigenvalue weighted by atomic mass is 9.69. The molecule has 0 radical (unpaired) electrons. The molecule has 8 heteroatoms. The summed E-state index contributed by atoms with van der Waals surface area (Å²) in [5, 5.41) is 28.6. The summed E-state index contributed by atoms with van der Waals surface area (Å²) in [6, 6.07) is 9.12. The average molecular weight is 500 g/mol. The molecule has 194 valence electrons. The summed E-state index contributed by atoms with van der Waals surface area (Å²) in [6.45, 7) is 2.02. The molecule has 4 rings (SSSR count). The van der Waals surface area contributed by atoms with Crippen molar-refractivity contribution in [1.82, 2.24) is 10.3 Å². The lowest BCUT2D eigenvalue weighted by Crippen LogP contribution is -2.45. The lowest BCUT2D eigenvalue weighted by molar-refractivity contribution is -0.00988. The Balaban J connectivity index is 1.44. The second kappa shape index (κ2) is 12.0. The lowest BCUT2D eigenvalue weighted by Gasteiger charge is -2.42. The van der Waals surface area contributed by atoms with Crippen molar-refractivity contribution < 1.29 is 23.7 Å². The van der Waals surface area contributed by atoms with Crippen LogP contribution < -0.4 is 15.4 Å². The molecule has 1 aromatic heterocycles. The molecule has 0 saturated carbocycles. The molecular formula is C28H35F2N3O3. The molecule has 0 aliphatic carbocycles. The molecule has 1 unspecified atom stereocenters. The number of aliphatic hydroxyl groups excluding tert-OH is 2. The predicted octanol–water partition coefficient (Wildman–Crippen LogP) is 4.57. The third kappa shape index (κ3) is 6.11. The number of pyridine rings is 1. The van der Waals surface area contributed by atoms with E-state index in [1.807, 2.05) is 18.2 Å². The van der Waals surface area contributed by atoms with Gasteiger partial charge in [0.25, 0.3) is 0 Å². The number of anilines is 1. The highest BCUT2D eigenvalue weighted by molar-refractivity contribution is 5.84. The van der Waals surface area contributed by atoms with Crippen LogP contribution in [0.25, 0.3) is 10.9 Å². The number of benzene rings is 2. The van der Waals surface area contributed by atoms with Crippen molar-refractivity contribution >= 4 is 16.6 Å². The fraction of sp³-hybridized carbons (Fsp3) is 0.464. The van der Waals surface area contributed by atoms with Crippen molar-refractivity contribution in [2.75, 3.05) is 32.1 Å². The zero-order chi connectivity index (χ0) is 25.5. The Hall–Kier alpha value is -2.81. The van der Waals surface area contributed by atoms with Gasteiger partial charge in [-0.2, -0.15) is 0 Å². The van der Waals surface area contributed by atoms with Crippen LogP contribution in [0, 0.1) is 17.0 Å². The Labute approximate surface area is 210 Å². The van der Waals surface area contributed by atoms with Crippen molar-refractivity contribution in [3.8, 4) is 5.75 Å². The van der Waals surface area contributed by atoms with E-state index in [2.05, 4.69) is 15.6 Å². The van der Waals surface area contributed by atoms with E-state index >= 15 is 0 Å². The van der Waals surface area contributed by atoms with Gasteiger partial charge in [-0.1, -0.05) is 0 Å². The number of aromatic nitrogens is 1. The molecule has 2 aromatic carbocycles. The van der Waals surface area contributed by atoms with Crippen LogP contribution in [0.5, 0.6) is 5.75 Å². The molecule has 1 aliphatic heterocycles. The summed E-state index contributed by atoms with van der Waals surface area (Å²) in [7, 11) is 1.63. The van der Waals surface area contributed by atoms with Crippen molar-refractivity contribution in [1.29, 1.82) is 0 Å². The minimum Gasteiger partial charge on any atom is -0.497 e. The van der Waals surface area contributed by atoms with Gasteiger partial charge in [-0.3, -0.25) is 4.98 Å². The van der Waals surface area contributed by atoms with Gasteiger partial charge in [0.05, 0.1) is 25.3 Å². The fourth-order valence-corrected chi connectivity index (χ4v) is 5.43. The van der Waals surface area contributed by atoms with Gasteiger partial charge >= 0.3 is 0 Å². The maximum Gasteiger partial charge on any atom is 0.128 e. The third-order valence-corrected chi connectivity index (χ3v) is 7.46. The van der Waals surface area contributed by atoms with Crippen LogP contribution in [0.15, 0.2) is 42.6 Å². The smallest absolute Gasteiger partial charge is 0.128 e. The van der Waals surface area contributed by atoms with E-state index in [0.29, 0.717) is 18.7 Å². The zero-order valence-electron chi connectivity index (χ0n) is 20.7. The first-order valence-corrected chi connectivity index (χ1v) is 12.6. The third-order valence-electron chi connectivity index (χ3n) is 7.46. The predicted molar refractivity (Wildman–Crippen MR) is 137 cm³/mol. The van der Waals surface area contributed by atoms with Crippen molar-refractivity contribution in [3.05, 3.63) is 65.4 Å². The van der Waals surface area contributed by atoms with E-state index in [1.54, 1.807) is 13.3 Å². The molecule has 36 heavy (non-hydrogen) atoms. The number of fused-ring (bicyclic) bond motifs is 1. The van der Waals surface area contributed by atoms with Gasteiger partial charge in [-0.15, -0.1) is 0 Å². The number of hydrogen-bond acceptors (Lipinski definition) is 6. The largest absolute Gasteiger partial charge is 0.497 e. The molecule has 2 heterocycles. The molecule has 4 N–H and O–H groups in total. The Kier molecular flexibility index (Phi) is 8.72. The highest BCUT2D eigenvalue weighted by Gasteiger charge is 2.38. The summed E-state index contributed by atoms with van der Waals surface area (Å²) in [5.74, 6) is -0.510. The second-order valence-electron chi connectivity index (χ2n) is 9.66. The maximum absolute atomic E-state index is 13.5. The SMILES string of the molecule is COc1ccc2ncc(CO)c(CCCC3(C(O)CCNc4cc(F)cc(F)c4)CCNCC3)c2c1. The molecule has 3 aromatic rings. The van der Waals surface area contributed by atoms with Crippen LogP contribution in [0.1, 0.15) is 43.2 Å². The molecule has 0 bridgehead atoms. The normalized spacial score (nSPS) is 16.1. The van der Waals surface area contributed by atoms with Crippen LogP contribution in [0.2, 0.25) is 0 Å². The summed E-state index contributed by atoms with van der Waals surface area (Å²) in [5.41, 5.74) is 2.87. The Bertz CT molecular complexity index is 1140. The van der Waals surface area contributed by atoms with Crippen molar-refractivity contribution in [3.63, 3.8) is 0 Å². The first-order chi connectivity index (χ1) is 17.4. The van der Waals surface area contributed by atoms with Crippen LogP contribution in [-0.2, 0) is 13.0 Å². The number of nitrogens with zero attached hydrogens (tertiary/aromatic N) is 1. The molecule has 1 saturated heterocycles. The van der Waals surface area contributed by atoms with E-state index in [0.717, 1.165) is 79.0 Å². The number of aliphatic hydroxyl groups is 2. The van der Waals surface area contributed by atoms with Gasteiger partial charge in [-0.05, 0) is 98.5 Å². The quantitative estimate of drug-likeness (QED) is 0.309. The standard InChI is InChI=1S/C28H35F2N3O3/c1-36-23-4-5-26-25(16-23)24(19(18-34)17-33-26)3-2-7-28(8-11-31-12-9-28)27(35)6-10-32-22-14-20(29)13-21(30)15-22/h4-5,13-17,27,31-32,34-35H,2-3,6-12,18H2,1H3. The molecule has 1 aliphatic rings. The van der Waals surface area contributed by atoms with Crippen LogP contribution in [0.3, 0.4) is 0 Å². The average Bonchev–Trinajstić information content (AvgIpc) is 2.88. The van der Waals surface area contributed by atoms with E-state index in [-0.39, 0.29) is 12.0 Å².